The number of halogens is 1. The predicted octanol–water partition coefficient (Wildman–Crippen LogP) is 3.62. The minimum atomic E-state index is -0.283. The molecule has 0 heterocycles. The number of hydrogen-bond donors (Lipinski definition) is 1. The van der Waals surface area contributed by atoms with Crippen LogP contribution in [-0.4, -0.2) is 14.2 Å². The van der Waals surface area contributed by atoms with Crippen LogP contribution in [0.5, 0.6) is 5.75 Å². The Morgan fingerprint density at radius 3 is 2.50 bits per heavy atom. The van der Waals surface area contributed by atoms with Gasteiger partial charge in [-0.15, -0.1) is 0 Å². The highest BCUT2D eigenvalue weighted by Crippen LogP contribution is 2.35. The number of rotatable bonds is 4. The summed E-state index contributed by atoms with van der Waals surface area (Å²) in [6, 6.07) is 12.1. The highest BCUT2D eigenvalue weighted by molar-refractivity contribution is 5.71. The molecule has 0 spiro atoms. The van der Waals surface area contributed by atoms with Gasteiger partial charge in [0.25, 0.3) is 0 Å². The van der Waals surface area contributed by atoms with Crippen LogP contribution in [0.4, 0.5) is 15.8 Å². The fraction of sp³-hybridized carbons (Fsp3) is 0.250. The summed E-state index contributed by atoms with van der Waals surface area (Å²) in [6.45, 7) is 1.84. The summed E-state index contributed by atoms with van der Waals surface area (Å²) in [5, 5.41) is 0. The summed E-state index contributed by atoms with van der Waals surface area (Å²) in [6.07, 6.45) is 0. The zero-order valence-electron chi connectivity index (χ0n) is 11.9. The number of anilines is 2. The quantitative estimate of drug-likeness (QED) is 0.925. The van der Waals surface area contributed by atoms with E-state index in [0.29, 0.717) is 0 Å². The molecule has 2 N–H and O–H groups in total. The summed E-state index contributed by atoms with van der Waals surface area (Å²) < 4.78 is 18.8. The maximum Gasteiger partial charge on any atom is 0.142 e. The first kappa shape index (κ1) is 14.3. The van der Waals surface area contributed by atoms with Crippen LogP contribution in [0.3, 0.4) is 0 Å². The van der Waals surface area contributed by atoms with Gasteiger partial charge in [-0.3, -0.25) is 0 Å². The topological polar surface area (TPSA) is 38.5 Å². The van der Waals surface area contributed by atoms with Crippen molar-refractivity contribution in [1.82, 2.24) is 0 Å². The molecular weight excluding hydrogens is 255 g/mol. The lowest BCUT2D eigenvalue weighted by Gasteiger charge is -2.25. The second-order valence-corrected chi connectivity index (χ2v) is 4.72. The number of methoxy groups -OCH3 is 1. The molecule has 20 heavy (non-hydrogen) atoms. The Bertz CT molecular complexity index is 599. The van der Waals surface area contributed by atoms with Gasteiger partial charge < -0.3 is 15.4 Å². The lowest BCUT2D eigenvalue weighted by Crippen LogP contribution is -2.16. The van der Waals surface area contributed by atoms with E-state index in [1.54, 1.807) is 13.2 Å². The van der Waals surface area contributed by atoms with Crippen LogP contribution in [0.25, 0.3) is 0 Å². The van der Waals surface area contributed by atoms with Crippen molar-refractivity contribution in [2.24, 2.45) is 5.73 Å². The van der Waals surface area contributed by atoms with Crippen molar-refractivity contribution in [2.45, 2.75) is 13.0 Å². The number of benzene rings is 2. The molecule has 0 unspecified atom stereocenters. The van der Waals surface area contributed by atoms with Gasteiger partial charge in [-0.05, 0) is 42.8 Å². The van der Waals surface area contributed by atoms with E-state index in [4.69, 9.17) is 10.5 Å². The van der Waals surface area contributed by atoms with Gasteiger partial charge >= 0.3 is 0 Å². The predicted molar refractivity (Wildman–Crippen MR) is 80.1 cm³/mol. The van der Waals surface area contributed by atoms with Crippen LogP contribution in [0.1, 0.15) is 18.5 Å². The first-order valence-electron chi connectivity index (χ1n) is 6.46. The van der Waals surface area contributed by atoms with Crippen LogP contribution in [-0.2, 0) is 0 Å². The first-order valence-corrected chi connectivity index (χ1v) is 6.46. The maximum absolute atomic E-state index is 13.4. The normalized spacial score (nSPS) is 12.1. The molecule has 4 heteroatoms. The number of hydrogen-bond acceptors (Lipinski definition) is 3. The molecule has 1 atom stereocenters. The fourth-order valence-electron chi connectivity index (χ4n) is 2.23. The van der Waals surface area contributed by atoms with Crippen molar-refractivity contribution in [3.8, 4) is 5.75 Å². The Balaban J connectivity index is 2.50. The summed E-state index contributed by atoms with van der Waals surface area (Å²) in [5.41, 5.74) is 8.48. The summed E-state index contributed by atoms with van der Waals surface area (Å²) in [4.78, 5) is 1.96. The minimum Gasteiger partial charge on any atom is -0.495 e. The second-order valence-electron chi connectivity index (χ2n) is 4.72. The zero-order valence-corrected chi connectivity index (χ0v) is 11.9. The highest BCUT2D eigenvalue weighted by atomic mass is 19.1. The molecule has 2 aromatic carbocycles. The van der Waals surface area contributed by atoms with Gasteiger partial charge in [0, 0.05) is 18.8 Å². The third-order valence-corrected chi connectivity index (χ3v) is 3.29. The van der Waals surface area contributed by atoms with Crippen LogP contribution < -0.4 is 15.4 Å². The molecule has 106 valence electrons. The van der Waals surface area contributed by atoms with Crippen LogP contribution >= 0.6 is 0 Å². The average molecular weight is 274 g/mol. The van der Waals surface area contributed by atoms with Gasteiger partial charge in [-0.25, -0.2) is 4.39 Å². The van der Waals surface area contributed by atoms with Gasteiger partial charge in [0.1, 0.15) is 11.6 Å². The van der Waals surface area contributed by atoms with E-state index in [-0.39, 0.29) is 11.9 Å². The molecule has 0 radical (unpaired) electrons. The Morgan fingerprint density at radius 1 is 1.15 bits per heavy atom. The molecule has 0 saturated carbocycles. The van der Waals surface area contributed by atoms with Gasteiger partial charge in [-0.1, -0.05) is 12.1 Å². The van der Waals surface area contributed by atoms with Crippen LogP contribution in [0, 0.1) is 5.82 Å². The molecule has 0 aliphatic rings. The third-order valence-electron chi connectivity index (χ3n) is 3.29. The average Bonchev–Trinajstić information content (AvgIpc) is 2.46. The SMILES string of the molecule is COc1ccccc1N(C)c1ccc(F)cc1[C@@H](C)N. The molecular formula is C16H19FN2O. The molecule has 0 amide bonds. The highest BCUT2D eigenvalue weighted by Gasteiger charge is 2.15. The van der Waals surface area contributed by atoms with Crippen molar-refractivity contribution in [3.63, 3.8) is 0 Å². The lowest BCUT2D eigenvalue weighted by molar-refractivity contribution is 0.415. The van der Waals surface area contributed by atoms with E-state index in [0.717, 1.165) is 22.7 Å². The molecule has 0 aliphatic heterocycles. The van der Waals surface area contributed by atoms with Crippen LogP contribution in [0.2, 0.25) is 0 Å². The van der Waals surface area contributed by atoms with Gasteiger partial charge in [0.15, 0.2) is 0 Å². The van der Waals surface area contributed by atoms with Crippen LogP contribution in [0.15, 0.2) is 42.5 Å². The summed E-state index contributed by atoms with van der Waals surface area (Å²) in [5.74, 6) is 0.476. The smallest absolute Gasteiger partial charge is 0.142 e. The van der Waals surface area contributed by atoms with E-state index in [1.807, 2.05) is 43.1 Å². The number of nitrogens with two attached hydrogens (primary N) is 1. The van der Waals surface area contributed by atoms with Crippen molar-refractivity contribution in [1.29, 1.82) is 0 Å². The number of nitrogens with zero attached hydrogens (tertiary/aromatic N) is 1. The van der Waals surface area contributed by atoms with Gasteiger partial charge in [0.05, 0.1) is 12.8 Å². The fourth-order valence-corrected chi connectivity index (χ4v) is 2.23. The van der Waals surface area contributed by atoms with E-state index in [1.165, 1.54) is 12.1 Å². The molecule has 0 saturated heterocycles. The molecule has 0 fully saturated rings. The Hall–Kier alpha value is -2.07. The zero-order chi connectivity index (χ0) is 14.7. The molecule has 2 aromatic rings. The molecule has 0 aromatic heterocycles. The van der Waals surface area contributed by atoms with E-state index in [9.17, 15) is 4.39 Å². The molecule has 2 rings (SSSR count). The second kappa shape index (κ2) is 5.92. The van der Waals surface area contributed by atoms with Crippen molar-refractivity contribution in [2.75, 3.05) is 19.1 Å². The number of para-hydroxylation sites is 2. The van der Waals surface area contributed by atoms with E-state index in [2.05, 4.69) is 0 Å². The maximum atomic E-state index is 13.4. The van der Waals surface area contributed by atoms with Crippen molar-refractivity contribution >= 4 is 11.4 Å². The van der Waals surface area contributed by atoms with E-state index < -0.39 is 0 Å². The lowest BCUT2D eigenvalue weighted by atomic mass is 10.1. The molecule has 3 nitrogen and oxygen atoms in total. The monoisotopic (exact) mass is 274 g/mol. The van der Waals surface area contributed by atoms with E-state index >= 15 is 0 Å². The van der Waals surface area contributed by atoms with Crippen molar-refractivity contribution in [3.05, 3.63) is 53.8 Å². The molecule has 0 bridgehead atoms. The first-order chi connectivity index (χ1) is 9.54. The van der Waals surface area contributed by atoms with Crippen molar-refractivity contribution < 1.29 is 9.13 Å². The third kappa shape index (κ3) is 2.75. The number of ether oxygens (including phenoxy) is 1. The largest absolute Gasteiger partial charge is 0.495 e. The standard InChI is InChI=1S/C16H19FN2O/c1-11(18)13-10-12(17)8-9-14(13)19(2)15-6-4-5-7-16(15)20-3/h4-11H,18H2,1-3H3/t11-/m1/s1. The Kier molecular flexibility index (Phi) is 4.25. The molecule has 0 aliphatic carbocycles. The van der Waals surface area contributed by atoms with Gasteiger partial charge in [0.2, 0.25) is 0 Å². The summed E-state index contributed by atoms with van der Waals surface area (Å²) in [7, 11) is 3.54. The summed E-state index contributed by atoms with van der Waals surface area (Å²) >= 11 is 0. The Labute approximate surface area is 118 Å². The minimum absolute atomic E-state index is 0.252. The van der Waals surface area contributed by atoms with Gasteiger partial charge in [-0.2, -0.15) is 0 Å². The Morgan fingerprint density at radius 2 is 1.85 bits per heavy atom.